The molecule has 1 aromatic rings. The standard InChI is InChI=1S/C21H33N3O.ClH/c1-2-14-24(17-18-8-12-22-13-9-18)20-10-15-23(16-11-20)21(25)19-6-4-3-5-7-19;/h3-7,18,20,22H,2,8-17H2,1H3;1H. The maximum absolute atomic E-state index is 12.6. The average Bonchev–Trinajstić information content (AvgIpc) is 2.69. The van der Waals surface area contributed by atoms with Gasteiger partial charge in [0.15, 0.2) is 0 Å². The van der Waals surface area contributed by atoms with Gasteiger partial charge in [0, 0.05) is 31.2 Å². The molecule has 3 rings (SSSR count). The number of hydrogen-bond acceptors (Lipinski definition) is 3. The fourth-order valence-corrected chi connectivity index (χ4v) is 4.30. The van der Waals surface area contributed by atoms with Crippen LogP contribution < -0.4 is 5.32 Å². The lowest BCUT2D eigenvalue weighted by atomic mass is 9.95. The molecule has 0 unspecified atom stereocenters. The van der Waals surface area contributed by atoms with Crippen molar-refractivity contribution in [3.8, 4) is 0 Å². The zero-order chi connectivity index (χ0) is 17.5. The summed E-state index contributed by atoms with van der Waals surface area (Å²) in [5, 5.41) is 3.47. The van der Waals surface area contributed by atoms with Crippen LogP contribution in [-0.2, 0) is 0 Å². The van der Waals surface area contributed by atoms with Crippen LogP contribution in [0, 0.1) is 5.92 Å². The van der Waals surface area contributed by atoms with Crippen LogP contribution in [0.2, 0.25) is 0 Å². The first-order valence-electron chi connectivity index (χ1n) is 10.1. The normalized spacial score (nSPS) is 19.4. The lowest BCUT2D eigenvalue weighted by molar-refractivity contribution is 0.0582. The molecule has 0 atom stereocenters. The number of halogens is 1. The summed E-state index contributed by atoms with van der Waals surface area (Å²) in [7, 11) is 0. The van der Waals surface area contributed by atoms with Crippen LogP contribution in [0.3, 0.4) is 0 Å². The lowest BCUT2D eigenvalue weighted by Gasteiger charge is -2.40. The first-order valence-corrected chi connectivity index (χ1v) is 10.1. The van der Waals surface area contributed by atoms with Crippen molar-refractivity contribution in [1.82, 2.24) is 15.1 Å². The highest BCUT2D eigenvalue weighted by Gasteiger charge is 2.28. The smallest absolute Gasteiger partial charge is 0.253 e. The molecule has 146 valence electrons. The molecule has 26 heavy (non-hydrogen) atoms. The molecule has 2 aliphatic heterocycles. The van der Waals surface area contributed by atoms with E-state index in [1.807, 2.05) is 35.2 Å². The van der Waals surface area contributed by atoms with E-state index in [1.54, 1.807) is 0 Å². The third kappa shape index (κ3) is 5.70. The van der Waals surface area contributed by atoms with Gasteiger partial charge in [-0.25, -0.2) is 0 Å². The van der Waals surface area contributed by atoms with E-state index in [-0.39, 0.29) is 18.3 Å². The Balaban J connectivity index is 0.00000243. The molecular formula is C21H34ClN3O. The molecule has 0 bridgehead atoms. The fraction of sp³-hybridized carbons (Fsp3) is 0.667. The third-order valence-corrected chi connectivity index (χ3v) is 5.75. The quantitative estimate of drug-likeness (QED) is 0.822. The van der Waals surface area contributed by atoms with E-state index in [4.69, 9.17) is 0 Å². The summed E-state index contributed by atoms with van der Waals surface area (Å²) in [6, 6.07) is 10.4. The Labute approximate surface area is 164 Å². The van der Waals surface area contributed by atoms with Crippen molar-refractivity contribution in [2.45, 2.75) is 45.1 Å². The van der Waals surface area contributed by atoms with Gasteiger partial charge in [-0.2, -0.15) is 0 Å². The molecule has 0 aliphatic carbocycles. The lowest BCUT2D eigenvalue weighted by Crippen LogP contribution is -2.49. The van der Waals surface area contributed by atoms with E-state index in [9.17, 15) is 4.79 Å². The maximum atomic E-state index is 12.6. The van der Waals surface area contributed by atoms with Gasteiger partial charge >= 0.3 is 0 Å². The molecule has 1 N–H and O–H groups in total. The van der Waals surface area contributed by atoms with Crippen LogP contribution in [-0.4, -0.2) is 61.0 Å². The predicted molar refractivity (Wildman–Crippen MR) is 110 cm³/mol. The molecule has 2 heterocycles. The Bertz CT molecular complexity index is 525. The first kappa shape index (κ1) is 21.2. The maximum Gasteiger partial charge on any atom is 0.253 e. The van der Waals surface area contributed by atoms with Gasteiger partial charge in [0.25, 0.3) is 5.91 Å². The van der Waals surface area contributed by atoms with Gasteiger partial charge in [0.2, 0.25) is 0 Å². The number of likely N-dealkylation sites (tertiary alicyclic amines) is 1. The van der Waals surface area contributed by atoms with Crippen molar-refractivity contribution in [3.63, 3.8) is 0 Å². The first-order chi connectivity index (χ1) is 12.3. The Kier molecular flexibility index (Phi) is 8.89. The Hall–Kier alpha value is -1.10. The highest BCUT2D eigenvalue weighted by Crippen LogP contribution is 2.22. The van der Waals surface area contributed by atoms with E-state index in [0.717, 1.165) is 37.4 Å². The molecule has 2 aliphatic rings. The second-order valence-corrected chi connectivity index (χ2v) is 7.58. The highest BCUT2D eigenvalue weighted by atomic mass is 35.5. The zero-order valence-corrected chi connectivity index (χ0v) is 16.8. The van der Waals surface area contributed by atoms with Gasteiger partial charge in [-0.1, -0.05) is 25.1 Å². The highest BCUT2D eigenvalue weighted by molar-refractivity contribution is 5.94. The van der Waals surface area contributed by atoms with Gasteiger partial charge in [0.1, 0.15) is 0 Å². The van der Waals surface area contributed by atoms with E-state index in [1.165, 1.54) is 45.4 Å². The minimum Gasteiger partial charge on any atom is -0.339 e. The number of nitrogens with zero attached hydrogens (tertiary/aromatic N) is 2. The van der Waals surface area contributed by atoms with Crippen LogP contribution in [0.4, 0.5) is 0 Å². The van der Waals surface area contributed by atoms with Crippen molar-refractivity contribution in [1.29, 1.82) is 0 Å². The molecule has 0 saturated carbocycles. The monoisotopic (exact) mass is 379 g/mol. The summed E-state index contributed by atoms with van der Waals surface area (Å²) in [6.45, 7) is 8.86. The topological polar surface area (TPSA) is 35.6 Å². The third-order valence-electron chi connectivity index (χ3n) is 5.75. The van der Waals surface area contributed by atoms with Crippen LogP contribution >= 0.6 is 12.4 Å². The second-order valence-electron chi connectivity index (χ2n) is 7.58. The number of nitrogens with one attached hydrogen (secondary N) is 1. The summed E-state index contributed by atoms with van der Waals surface area (Å²) >= 11 is 0. The van der Waals surface area contributed by atoms with Crippen molar-refractivity contribution >= 4 is 18.3 Å². The van der Waals surface area contributed by atoms with E-state index < -0.39 is 0 Å². The molecule has 2 fully saturated rings. The Morgan fingerprint density at radius 3 is 2.38 bits per heavy atom. The summed E-state index contributed by atoms with van der Waals surface area (Å²) in [5.41, 5.74) is 0.820. The largest absolute Gasteiger partial charge is 0.339 e. The van der Waals surface area contributed by atoms with Gasteiger partial charge in [-0.05, 0) is 69.8 Å². The molecule has 0 radical (unpaired) electrons. The number of hydrogen-bond donors (Lipinski definition) is 1. The number of carbonyl (C=O) groups excluding carboxylic acids is 1. The van der Waals surface area contributed by atoms with Gasteiger partial charge in [-0.3, -0.25) is 9.69 Å². The summed E-state index contributed by atoms with van der Waals surface area (Å²) in [6.07, 6.45) is 6.07. The van der Waals surface area contributed by atoms with Crippen LogP contribution in [0.15, 0.2) is 30.3 Å². The fourth-order valence-electron chi connectivity index (χ4n) is 4.30. The minimum absolute atomic E-state index is 0. The SMILES string of the molecule is CCCN(CC1CCNCC1)C1CCN(C(=O)c2ccccc2)CC1.Cl. The zero-order valence-electron chi connectivity index (χ0n) is 16.0. The Morgan fingerprint density at radius 2 is 1.77 bits per heavy atom. The van der Waals surface area contributed by atoms with Crippen molar-refractivity contribution in [2.24, 2.45) is 5.92 Å². The number of piperidine rings is 2. The van der Waals surface area contributed by atoms with Gasteiger partial charge in [0.05, 0.1) is 0 Å². The molecule has 4 nitrogen and oxygen atoms in total. The van der Waals surface area contributed by atoms with Crippen LogP contribution in [0.1, 0.15) is 49.4 Å². The molecule has 1 amide bonds. The van der Waals surface area contributed by atoms with E-state index in [2.05, 4.69) is 17.1 Å². The van der Waals surface area contributed by atoms with Gasteiger partial charge < -0.3 is 10.2 Å². The average molecular weight is 380 g/mol. The molecule has 1 aromatic carbocycles. The second kappa shape index (κ2) is 10.9. The number of carbonyl (C=O) groups is 1. The van der Waals surface area contributed by atoms with Crippen molar-refractivity contribution in [2.75, 3.05) is 39.3 Å². The van der Waals surface area contributed by atoms with Crippen LogP contribution in [0.5, 0.6) is 0 Å². The van der Waals surface area contributed by atoms with E-state index >= 15 is 0 Å². The van der Waals surface area contributed by atoms with Crippen LogP contribution in [0.25, 0.3) is 0 Å². The predicted octanol–water partition coefficient (Wildman–Crippen LogP) is 3.42. The molecular weight excluding hydrogens is 346 g/mol. The molecule has 0 aromatic heterocycles. The van der Waals surface area contributed by atoms with E-state index in [0.29, 0.717) is 6.04 Å². The summed E-state index contributed by atoms with van der Waals surface area (Å²) < 4.78 is 0. The van der Waals surface area contributed by atoms with Crippen molar-refractivity contribution < 1.29 is 4.79 Å². The molecule has 2 saturated heterocycles. The minimum atomic E-state index is 0. The summed E-state index contributed by atoms with van der Waals surface area (Å²) in [5.74, 6) is 1.04. The molecule has 5 heteroatoms. The number of amides is 1. The summed E-state index contributed by atoms with van der Waals surface area (Å²) in [4.78, 5) is 17.4. The Morgan fingerprint density at radius 1 is 1.12 bits per heavy atom. The van der Waals surface area contributed by atoms with Gasteiger partial charge in [-0.15, -0.1) is 12.4 Å². The van der Waals surface area contributed by atoms with Crippen molar-refractivity contribution in [3.05, 3.63) is 35.9 Å². The molecule has 0 spiro atoms. The number of rotatable bonds is 6. The number of benzene rings is 1.